The Bertz CT molecular complexity index is 1340. The Kier molecular flexibility index (Phi) is 9.90. The first-order valence-electron chi connectivity index (χ1n) is 14.0. The van der Waals surface area contributed by atoms with Crippen molar-refractivity contribution in [3.63, 3.8) is 0 Å². The lowest BCUT2D eigenvalue weighted by molar-refractivity contribution is 0.0697. The Hall–Kier alpha value is -2.90. The van der Waals surface area contributed by atoms with E-state index < -0.39 is 22.0 Å². The molecule has 1 fully saturated rings. The molecule has 1 aliphatic carbocycles. The quantitative estimate of drug-likeness (QED) is 0.459. The average molecular weight is 569 g/mol. The van der Waals surface area contributed by atoms with E-state index in [1.807, 2.05) is 14.0 Å². The molecule has 3 unspecified atom stereocenters. The smallest absolute Gasteiger partial charge is 0.335 e. The lowest BCUT2D eigenvalue weighted by Crippen LogP contribution is -2.49. The van der Waals surface area contributed by atoms with Crippen molar-refractivity contribution in [3.05, 3.63) is 59.2 Å². The van der Waals surface area contributed by atoms with Gasteiger partial charge in [0.15, 0.2) is 0 Å². The topological polar surface area (TPSA) is 107 Å². The number of hydrogen-bond acceptors (Lipinski definition) is 6. The van der Waals surface area contributed by atoms with Crippen molar-refractivity contribution < 1.29 is 28.2 Å². The fraction of sp³-hybridized carbons (Fsp3) is 0.516. The first-order valence-corrected chi connectivity index (χ1v) is 15.5. The van der Waals surface area contributed by atoms with Crippen LogP contribution in [0.1, 0.15) is 67.4 Å². The SMILES string of the molecule is CC1CN(C(C)CO)S(=O)(=O)c2ccc(C#CCC3CCCC3)cc2OC1CN(C)Cc1ccc(C(=O)O)cc1. The molecule has 3 atom stereocenters. The minimum atomic E-state index is -3.91. The Morgan fingerprint density at radius 1 is 1.18 bits per heavy atom. The molecule has 1 saturated carbocycles. The summed E-state index contributed by atoms with van der Waals surface area (Å²) in [4.78, 5) is 13.3. The summed E-state index contributed by atoms with van der Waals surface area (Å²) in [7, 11) is -1.96. The summed E-state index contributed by atoms with van der Waals surface area (Å²) in [5.41, 5.74) is 1.92. The minimum Gasteiger partial charge on any atom is -0.487 e. The summed E-state index contributed by atoms with van der Waals surface area (Å²) in [6.07, 6.45) is 5.47. The number of aliphatic hydroxyl groups excluding tert-OH is 1. The van der Waals surface area contributed by atoms with Crippen molar-refractivity contribution in [2.75, 3.05) is 26.7 Å². The minimum absolute atomic E-state index is 0.0814. The van der Waals surface area contributed by atoms with Crippen LogP contribution in [0.2, 0.25) is 0 Å². The summed E-state index contributed by atoms with van der Waals surface area (Å²) < 4.78 is 35.3. The van der Waals surface area contributed by atoms with Crippen LogP contribution in [0.4, 0.5) is 0 Å². The predicted molar refractivity (Wildman–Crippen MR) is 154 cm³/mol. The third-order valence-corrected chi connectivity index (χ3v) is 9.93. The molecule has 216 valence electrons. The molecule has 8 nitrogen and oxygen atoms in total. The van der Waals surface area contributed by atoms with E-state index in [4.69, 9.17) is 9.84 Å². The van der Waals surface area contributed by atoms with E-state index >= 15 is 0 Å². The van der Waals surface area contributed by atoms with Crippen LogP contribution in [0.25, 0.3) is 0 Å². The van der Waals surface area contributed by atoms with Crippen molar-refractivity contribution >= 4 is 16.0 Å². The molecule has 0 amide bonds. The predicted octanol–water partition coefficient (Wildman–Crippen LogP) is 4.22. The van der Waals surface area contributed by atoms with Gasteiger partial charge in [-0.05, 0) is 68.6 Å². The largest absolute Gasteiger partial charge is 0.487 e. The maximum atomic E-state index is 13.7. The highest BCUT2D eigenvalue weighted by atomic mass is 32.2. The number of hydrogen-bond donors (Lipinski definition) is 2. The van der Waals surface area contributed by atoms with Crippen LogP contribution in [-0.4, -0.2) is 72.7 Å². The number of likely N-dealkylation sites (N-methyl/N-ethyl adjacent to an activating group) is 1. The number of benzene rings is 2. The molecule has 0 spiro atoms. The van der Waals surface area contributed by atoms with Gasteiger partial charge in [0.25, 0.3) is 0 Å². The maximum absolute atomic E-state index is 13.7. The van der Waals surface area contributed by atoms with E-state index in [0.717, 1.165) is 12.0 Å². The van der Waals surface area contributed by atoms with Gasteiger partial charge in [0.1, 0.15) is 16.7 Å². The fourth-order valence-electron chi connectivity index (χ4n) is 5.47. The van der Waals surface area contributed by atoms with Gasteiger partial charge in [-0.1, -0.05) is 43.7 Å². The Morgan fingerprint density at radius 2 is 1.88 bits per heavy atom. The number of fused-ring (bicyclic) bond motifs is 1. The summed E-state index contributed by atoms with van der Waals surface area (Å²) in [5, 5.41) is 19.0. The molecule has 2 N–H and O–H groups in total. The molecule has 0 saturated heterocycles. The lowest BCUT2D eigenvalue weighted by Gasteiger charge is -2.37. The zero-order valence-electron chi connectivity index (χ0n) is 23.5. The number of aromatic carboxylic acids is 1. The van der Waals surface area contributed by atoms with Crippen LogP contribution >= 0.6 is 0 Å². The molecule has 2 aromatic rings. The Balaban J connectivity index is 1.60. The molecule has 40 heavy (non-hydrogen) atoms. The molecule has 2 aromatic carbocycles. The maximum Gasteiger partial charge on any atom is 0.335 e. The Morgan fingerprint density at radius 3 is 2.52 bits per heavy atom. The van der Waals surface area contributed by atoms with Crippen molar-refractivity contribution in [2.45, 2.75) is 69.5 Å². The molecule has 0 bridgehead atoms. The van der Waals surface area contributed by atoms with Gasteiger partial charge in [0, 0.05) is 43.6 Å². The second-order valence-corrected chi connectivity index (χ2v) is 13.1. The first kappa shape index (κ1) is 30.1. The van der Waals surface area contributed by atoms with Crippen LogP contribution in [0.5, 0.6) is 5.75 Å². The highest BCUT2D eigenvalue weighted by Gasteiger charge is 2.38. The summed E-state index contributed by atoms with van der Waals surface area (Å²) >= 11 is 0. The number of carboxylic acids is 1. The second-order valence-electron chi connectivity index (χ2n) is 11.3. The molecule has 0 radical (unpaired) electrons. The Labute approximate surface area is 238 Å². The van der Waals surface area contributed by atoms with Crippen LogP contribution in [0, 0.1) is 23.7 Å². The zero-order chi connectivity index (χ0) is 28.9. The number of carboxylic acid groups (broad SMARTS) is 1. The van der Waals surface area contributed by atoms with Crippen LogP contribution in [0.15, 0.2) is 47.4 Å². The van der Waals surface area contributed by atoms with Gasteiger partial charge in [-0.3, -0.25) is 4.90 Å². The van der Waals surface area contributed by atoms with Gasteiger partial charge in [0.2, 0.25) is 10.0 Å². The normalized spacial score (nSPS) is 21.9. The molecule has 2 aliphatic rings. The van der Waals surface area contributed by atoms with Crippen molar-refractivity contribution in [3.8, 4) is 17.6 Å². The summed E-state index contributed by atoms with van der Waals surface area (Å²) in [6, 6.07) is 11.2. The van der Waals surface area contributed by atoms with E-state index in [0.29, 0.717) is 24.6 Å². The fourth-order valence-corrected chi connectivity index (χ4v) is 7.30. The lowest BCUT2D eigenvalue weighted by atomic mass is 10.0. The van der Waals surface area contributed by atoms with Gasteiger partial charge >= 0.3 is 5.97 Å². The van der Waals surface area contributed by atoms with Crippen molar-refractivity contribution in [1.82, 2.24) is 9.21 Å². The van der Waals surface area contributed by atoms with Crippen molar-refractivity contribution in [1.29, 1.82) is 0 Å². The molecule has 9 heteroatoms. The van der Waals surface area contributed by atoms with E-state index in [9.17, 15) is 18.3 Å². The average Bonchev–Trinajstić information content (AvgIpc) is 3.44. The zero-order valence-corrected chi connectivity index (χ0v) is 24.4. The molecule has 0 aromatic heterocycles. The number of ether oxygens (including phenoxy) is 1. The number of nitrogens with zero attached hydrogens (tertiary/aromatic N) is 2. The monoisotopic (exact) mass is 568 g/mol. The molecule has 4 rings (SSSR count). The second kappa shape index (κ2) is 13.2. The van der Waals surface area contributed by atoms with E-state index in [1.54, 1.807) is 49.4 Å². The van der Waals surface area contributed by atoms with Crippen LogP contribution < -0.4 is 4.74 Å². The summed E-state index contributed by atoms with van der Waals surface area (Å²) in [5.74, 6) is 6.27. The van der Waals surface area contributed by atoms with Gasteiger partial charge in [-0.15, -0.1) is 0 Å². The number of rotatable bonds is 8. The standard InChI is InChI=1S/C31H40N2O6S/c1-22-18-33(23(2)21-34)40(37,38)30-16-13-25(10-6-9-24-7-4-5-8-24)17-28(30)39-29(22)20-32(3)19-26-11-14-27(15-12-26)31(35)36/h11-17,22-24,29,34H,4-5,7-9,18-21H2,1-3H3,(H,35,36). The molecule has 1 heterocycles. The number of carbonyl (C=O) groups is 1. The van der Waals surface area contributed by atoms with Gasteiger partial charge in [-0.25, -0.2) is 13.2 Å². The van der Waals surface area contributed by atoms with Crippen molar-refractivity contribution in [2.24, 2.45) is 11.8 Å². The van der Waals surface area contributed by atoms with E-state index in [1.165, 1.54) is 30.0 Å². The van der Waals surface area contributed by atoms with Gasteiger partial charge < -0.3 is 14.9 Å². The summed E-state index contributed by atoms with van der Waals surface area (Å²) in [6.45, 7) is 4.67. The van der Waals surface area contributed by atoms with Crippen LogP contribution in [-0.2, 0) is 16.6 Å². The van der Waals surface area contributed by atoms with E-state index in [-0.39, 0.29) is 41.4 Å². The number of aliphatic hydroxyl groups is 1. The third kappa shape index (κ3) is 7.24. The van der Waals surface area contributed by atoms with Gasteiger partial charge in [-0.2, -0.15) is 4.31 Å². The van der Waals surface area contributed by atoms with Gasteiger partial charge in [0.05, 0.1) is 12.2 Å². The third-order valence-electron chi connectivity index (χ3n) is 7.91. The first-order chi connectivity index (χ1) is 19.1. The number of sulfonamides is 1. The molecule has 1 aliphatic heterocycles. The highest BCUT2D eigenvalue weighted by Crippen LogP contribution is 2.34. The highest BCUT2D eigenvalue weighted by molar-refractivity contribution is 7.89. The molecular formula is C31H40N2O6S. The van der Waals surface area contributed by atoms with Crippen LogP contribution in [0.3, 0.4) is 0 Å². The van der Waals surface area contributed by atoms with E-state index in [2.05, 4.69) is 16.7 Å². The molecular weight excluding hydrogens is 528 g/mol.